The van der Waals surface area contributed by atoms with Crippen LogP contribution in [0.3, 0.4) is 0 Å². The maximum Gasteiger partial charge on any atom is 0.408 e. The number of aliphatic carboxylic acids is 1. The van der Waals surface area contributed by atoms with E-state index >= 15 is 0 Å². The molecule has 178 valence electrons. The summed E-state index contributed by atoms with van der Waals surface area (Å²) in [5.74, 6) is -1.12. The first-order valence-electron chi connectivity index (χ1n) is 12.1. The summed E-state index contributed by atoms with van der Waals surface area (Å²) < 4.78 is 5.69. The molecule has 1 aliphatic heterocycles. The molecular weight excluding hydrogens is 432 g/mol. The van der Waals surface area contributed by atoms with Crippen LogP contribution in [0.4, 0.5) is 4.79 Å². The van der Waals surface area contributed by atoms with E-state index in [0.29, 0.717) is 25.8 Å². The Balaban J connectivity index is 1.27. The third-order valence-electron chi connectivity index (χ3n) is 7.60. The molecule has 2 N–H and O–H groups in total. The number of hydrogen-bond acceptors (Lipinski definition) is 4. The van der Waals surface area contributed by atoms with Crippen LogP contribution < -0.4 is 5.32 Å². The number of fused-ring (bicyclic) bond motifs is 3. The number of carbonyl (C=O) groups excluding carboxylic acids is 2. The number of piperidine rings is 1. The third-order valence-corrected chi connectivity index (χ3v) is 7.60. The van der Waals surface area contributed by atoms with E-state index in [1.807, 2.05) is 24.3 Å². The molecule has 2 aromatic carbocycles. The molecule has 5 rings (SSSR count). The molecule has 2 aliphatic carbocycles. The third kappa shape index (κ3) is 4.04. The predicted molar refractivity (Wildman–Crippen MR) is 126 cm³/mol. The van der Waals surface area contributed by atoms with Crippen molar-refractivity contribution in [3.05, 3.63) is 59.7 Å². The van der Waals surface area contributed by atoms with Crippen LogP contribution in [0.15, 0.2) is 48.5 Å². The van der Waals surface area contributed by atoms with Gasteiger partial charge in [0.25, 0.3) is 0 Å². The molecule has 3 aliphatic rings. The van der Waals surface area contributed by atoms with E-state index in [4.69, 9.17) is 4.74 Å². The molecule has 1 saturated carbocycles. The van der Waals surface area contributed by atoms with Gasteiger partial charge in [0.05, 0.1) is 6.42 Å². The smallest absolute Gasteiger partial charge is 0.408 e. The monoisotopic (exact) mass is 462 g/mol. The van der Waals surface area contributed by atoms with Gasteiger partial charge in [0.15, 0.2) is 0 Å². The number of nitrogens with zero attached hydrogens (tertiary/aromatic N) is 1. The van der Waals surface area contributed by atoms with E-state index in [-0.39, 0.29) is 30.9 Å². The first kappa shape index (κ1) is 22.4. The van der Waals surface area contributed by atoms with E-state index < -0.39 is 17.6 Å². The standard InChI is InChI=1S/C27H30N2O5/c30-24(31)16-18-8-5-6-15-29(18)25(32)27(13-7-14-27)28-26(33)34-17-23-21-11-3-1-9-19(21)20-10-2-4-12-22(20)23/h1-4,9-12,18,23H,5-8,13-17H2,(H,28,33)(H,30,31)/t18-/m0/s1. The highest BCUT2D eigenvalue weighted by Gasteiger charge is 2.49. The highest BCUT2D eigenvalue weighted by Crippen LogP contribution is 2.44. The molecule has 1 saturated heterocycles. The van der Waals surface area contributed by atoms with E-state index in [1.54, 1.807) is 4.90 Å². The average molecular weight is 463 g/mol. The number of carbonyl (C=O) groups is 3. The number of carboxylic acids is 1. The molecule has 0 radical (unpaired) electrons. The summed E-state index contributed by atoms with van der Waals surface area (Å²) in [6.07, 6.45) is 3.72. The lowest BCUT2D eigenvalue weighted by atomic mass is 9.75. The Morgan fingerprint density at radius 1 is 0.971 bits per heavy atom. The molecule has 1 heterocycles. The fraction of sp³-hybridized carbons (Fsp3) is 0.444. The van der Waals surface area contributed by atoms with Gasteiger partial charge in [0.2, 0.25) is 5.91 Å². The van der Waals surface area contributed by atoms with Crippen LogP contribution in [0.5, 0.6) is 0 Å². The quantitative estimate of drug-likeness (QED) is 0.667. The normalized spacial score (nSPS) is 20.6. The SMILES string of the molecule is O=C(O)C[C@@H]1CCCCN1C(=O)C1(NC(=O)OCC2c3ccccc3-c3ccccc32)CCC1. The lowest BCUT2D eigenvalue weighted by Crippen LogP contribution is -2.65. The van der Waals surface area contributed by atoms with E-state index in [2.05, 4.69) is 29.6 Å². The van der Waals surface area contributed by atoms with Crippen molar-refractivity contribution in [2.24, 2.45) is 0 Å². The topological polar surface area (TPSA) is 95.9 Å². The van der Waals surface area contributed by atoms with Crippen LogP contribution in [0.25, 0.3) is 11.1 Å². The Kier molecular flexibility index (Phi) is 6.02. The van der Waals surface area contributed by atoms with Gasteiger partial charge in [-0.25, -0.2) is 4.79 Å². The van der Waals surface area contributed by atoms with Gasteiger partial charge in [-0.05, 0) is 60.8 Å². The van der Waals surface area contributed by atoms with Crippen molar-refractivity contribution in [2.75, 3.05) is 13.2 Å². The van der Waals surface area contributed by atoms with E-state index in [1.165, 1.54) is 0 Å². The van der Waals surface area contributed by atoms with Gasteiger partial charge in [-0.3, -0.25) is 9.59 Å². The molecule has 2 aromatic rings. The number of benzene rings is 2. The van der Waals surface area contributed by atoms with E-state index in [9.17, 15) is 19.5 Å². The summed E-state index contributed by atoms with van der Waals surface area (Å²) in [7, 11) is 0. The number of amides is 2. The largest absolute Gasteiger partial charge is 0.481 e. The molecule has 0 unspecified atom stereocenters. The molecule has 7 heteroatoms. The van der Waals surface area contributed by atoms with Gasteiger partial charge in [-0.15, -0.1) is 0 Å². The van der Waals surface area contributed by atoms with Crippen molar-refractivity contribution in [2.45, 2.75) is 62.4 Å². The molecule has 0 spiro atoms. The summed E-state index contributed by atoms with van der Waals surface area (Å²) in [5, 5.41) is 12.1. The van der Waals surface area contributed by atoms with Gasteiger partial charge in [0, 0.05) is 18.5 Å². The Labute approximate surface area is 199 Å². The number of ether oxygens (including phenoxy) is 1. The summed E-state index contributed by atoms with van der Waals surface area (Å²) in [6, 6.07) is 16.0. The first-order chi connectivity index (χ1) is 16.5. The summed E-state index contributed by atoms with van der Waals surface area (Å²) in [6.45, 7) is 0.723. The molecule has 1 atom stereocenters. The van der Waals surface area contributed by atoms with Crippen LogP contribution in [-0.4, -0.2) is 52.7 Å². The maximum absolute atomic E-state index is 13.5. The molecule has 2 fully saturated rings. The fourth-order valence-corrected chi connectivity index (χ4v) is 5.71. The van der Waals surface area contributed by atoms with Crippen molar-refractivity contribution in [3.8, 4) is 11.1 Å². The van der Waals surface area contributed by atoms with Gasteiger partial charge in [-0.1, -0.05) is 48.5 Å². The fourth-order valence-electron chi connectivity index (χ4n) is 5.71. The van der Waals surface area contributed by atoms with Gasteiger partial charge in [0.1, 0.15) is 12.1 Å². The number of hydrogen-bond donors (Lipinski definition) is 2. The minimum absolute atomic E-state index is 0.0479. The van der Waals surface area contributed by atoms with Crippen molar-refractivity contribution in [1.29, 1.82) is 0 Å². The number of rotatable bonds is 6. The van der Waals surface area contributed by atoms with Crippen molar-refractivity contribution >= 4 is 18.0 Å². The molecule has 34 heavy (non-hydrogen) atoms. The van der Waals surface area contributed by atoms with Crippen LogP contribution >= 0.6 is 0 Å². The Morgan fingerprint density at radius 2 is 1.62 bits per heavy atom. The van der Waals surface area contributed by atoms with Crippen LogP contribution in [0.2, 0.25) is 0 Å². The second-order valence-electron chi connectivity index (χ2n) is 9.63. The van der Waals surface area contributed by atoms with Gasteiger partial charge < -0.3 is 20.1 Å². The molecule has 0 bridgehead atoms. The summed E-state index contributed by atoms with van der Waals surface area (Å²) in [4.78, 5) is 39.3. The number of nitrogens with one attached hydrogen (secondary N) is 1. The summed E-state index contributed by atoms with van der Waals surface area (Å²) >= 11 is 0. The zero-order chi connectivity index (χ0) is 23.7. The number of alkyl carbamates (subject to hydrolysis) is 1. The second-order valence-corrected chi connectivity index (χ2v) is 9.63. The molecular formula is C27H30N2O5. The molecule has 7 nitrogen and oxygen atoms in total. The zero-order valence-corrected chi connectivity index (χ0v) is 19.2. The summed E-state index contributed by atoms with van der Waals surface area (Å²) in [5.41, 5.74) is 3.60. The van der Waals surface area contributed by atoms with Gasteiger partial charge in [-0.2, -0.15) is 0 Å². The average Bonchev–Trinajstić information content (AvgIpc) is 3.13. The lowest BCUT2D eigenvalue weighted by molar-refractivity contribution is -0.148. The highest BCUT2D eigenvalue weighted by molar-refractivity contribution is 5.91. The Morgan fingerprint density at radius 3 is 2.21 bits per heavy atom. The minimum Gasteiger partial charge on any atom is -0.481 e. The number of carboxylic acid groups (broad SMARTS) is 1. The van der Waals surface area contributed by atoms with Crippen LogP contribution in [0.1, 0.15) is 62.0 Å². The van der Waals surface area contributed by atoms with Crippen LogP contribution in [-0.2, 0) is 14.3 Å². The highest BCUT2D eigenvalue weighted by atomic mass is 16.5. The lowest BCUT2D eigenvalue weighted by Gasteiger charge is -2.46. The van der Waals surface area contributed by atoms with Gasteiger partial charge >= 0.3 is 12.1 Å². The predicted octanol–water partition coefficient (Wildman–Crippen LogP) is 4.30. The zero-order valence-electron chi connectivity index (χ0n) is 19.2. The number of likely N-dealkylation sites (tertiary alicyclic amines) is 1. The molecule has 0 aromatic heterocycles. The minimum atomic E-state index is -0.989. The van der Waals surface area contributed by atoms with Crippen molar-refractivity contribution in [3.63, 3.8) is 0 Å². The van der Waals surface area contributed by atoms with Crippen molar-refractivity contribution < 1.29 is 24.2 Å². The molecule has 2 amide bonds. The van der Waals surface area contributed by atoms with Crippen LogP contribution in [0, 0.1) is 0 Å². The van der Waals surface area contributed by atoms with E-state index in [0.717, 1.165) is 41.5 Å². The maximum atomic E-state index is 13.5. The second kappa shape index (κ2) is 9.12. The first-order valence-corrected chi connectivity index (χ1v) is 12.1. The Hall–Kier alpha value is -3.35. The Bertz CT molecular complexity index is 1060. The van der Waals surface area contributed by atoms with Crippen molar-refractivity contribution in [1.82, 2.24) is 10.2 Å².